The molecule has 162 valence electrons. The number of hydrogen-bond donors (Lipinski definition) is 0. The summed E-state index contributed by atoms with van der Waals surface area (Å²) < 4.78 is 31.4. The molecule has 1 aliphatic heterocycles. The highest BCUT2D eigenvalue weighted by atomic mass is 32.2. The number of allylic oxidation sites excluding steroid dienone is 1. The Hall–Kier alpha value is -2.64. The van der Waals surface area contributed by atoms with E-state index in [1.807, 2.05) is 6.92 Å². The summed E-state index contributed by atoms with van der Waals surface area (Å²) in [5.74, 6) is -0.789. The van der Waals surface area contributed by atoms with Gasteiger partial charge in [-0.2, -0.15) is 0 Å². The fraction of sp³-hybridized carbons (Fsp3) is 0.333. The Balaban J connectivity index is 1.64. The van der Waals surface area contributed by atoms with Crippen molar-refractivity contribution in [3.8, 4) is 0 Å². The SMILES string of the molecule is CC1=C(CC(=O)N2CCOCC2)c2cc(F)cc(C(=O)c3ccc(S(C)=O)cc3)c2C1. The predicted molar refractivity (Wildman–Crippen MR) is 117 cm³/mol. The molecule has 1 saturated heterocycles. The van der Waals surface area contributed by atoms with E-state index in [1.165, 1.54) is 12.1 Å². The van der Waals surface area contributed by atoms with Crippen LogP contribution in [0.5, 0.6) is 0 Å². The first-order valence-electron chi connectivity index (χ1n) is 10.2. The number of carbonyl (C=O) groups excluding carboxylic acids is 2. The largest absolute Gasteiger partial charge is 0.378 e. The fourth-order valence-electron chi connectivity index (χ4n) is 4.18. The van der Waals surface area contributed by atoms with Gasteiger partial charge in [-0.3, -0.25) is 13.8 Å². The fourth-order valence-corrected chi connectivity index (χ4v) is 4.70. The van der Waals surface area contributed by atoms with Crippen molar-refractivity contribution in [3.63, 3.8) is 0 Å². The first-order valence-corrected chi connectivity index (χ1v) is 11.8. The minimum atomic E-state index is -1.14. The minimum Gasteiger partial charge on any atom is -0.378 e. The van der Waals surface area contributed by atoms with Crippen molar-refractivity contribution < 1.29 is 22.9 Å². The van der Waals surface area contributed by atoms with Crippen LogP contribution in [0.3, 0.4) is 0 Å². The van der Waals surface area contributed by atoms with Crippen LogP contribution < -0.4 is 0 Å². The first kappa shape index (κ1) is 21.6. The van der Waals surface area contributed by atoms with Gasteiger partial charge in [0.2, 0.25) is 5.91 Å². The maximum absolute atomic E-state index is 14.5. The van der Waals surface area contributed by atoms with Gasteiger partial charge in [-0.15, -0.1) is 0 Å². The summed E-state index contributed by atoms with van der Waals surface area (Å²) >= 11 is 0. The molecule has 1 aliphatic carbocycles. The summed E-state index contributed by atoms with van der Waals surface area (Å²) in [5.41, 5.74) is 3.92. The molecule has 1 unspecified atom stereocenters. The van der Waals surface area contributed by atoms with Crippen LogP contribution in [0.1, 0.15) is 40.4 Å². The topological polar surface area (TPSA) is 63.7 Å². The number of morpholine rings is 1. The number of nitrogens with zero attached hydrogens (tertiary/aromatic N) is 1. The van der Waals surface area contributed by atoms with Gasteiger partial charge >= 0.3 is 0 Å². The standard InChI is InChI=1S/C24H24FNO4S/c1-15-11-20-21(19(15)14-23(27)26-7-9-30-10-8-26)12-17(25)13-22(20)24(28)16-3-5-18(6-4-16)31(2)29/h3-6,12-13H,7-11,14H2,1-2H3. The Bertz CT molecular complexity index is 1100. The molecule has 2 aromatic rings. The summed E-state index contributed by atoms with van der Waals surface area (Å²) in [7, 11) is -1.14. The molecule has 2 aromatic carbocycles. The highest BCUT2D eigenvalue weighted by Gasteiger charge is 2.28. The number of hydrogen-bond acceptors (Lipinski definition) is 4. The number of amides is 1. The summed E-state index contributed by atoms with van der Waals surface area (Å²) in [6, 6.07) is 9.24. The highest BCUT2D eigenvalue weighted by molar-refractivity contribution is 7.84. The molecule has 0 saturated carbocycles. The van der Waals surface area contributed by atoms with Gasteiger partial charge < -0.3 is 9.64 Å². The van der Waals surface area contributed by atoms with Crippen LogP contribution in [0, 0.1) is 5.82 Å². The van der Waals surface area contributed by atoms with Crippen molar-refractivity contribution >= 4 is 28.1 Å². The summed E-state index contributed by atoms with van der Waals surface area (Å²) in [5, 5.41) is 0. The zero-order chi connectivity index (χ0) is 22.1. The van der Waals surface area contributed by atoms with E-state index >= 15 is 0 Å². The second kappa shape index (κ2) is 8.85. The Labute approximate surface area is 183 Å². The molecule has 0 aromatic heterocycles. The molecule has 1 atom stereocenters. The third-order valence-electron chi connectivity index (χ3n) is 5.88. The van der Waals surface area contributed by atoms with Crippen LogP contribution in [0.15, 0.2) is 46.9 Å². The molecule has 4 rings (SSSR count). The predicted octanol–water partition coefficient (Wildman–Crippen LogP) is 3.37. The summed E-state index contributed by atoms with van der Waals surface area (Å²) in [6.07, 6.45) is 2.27. The minimum absolute atomic E-state index is 0.00853. The average Bonchev–Trinajstić information content (AvgIpc) is 3.08. The van der Waals surface area contributed by atoms with E-state index in [-0.39, 0.29) is 18.1 Å². The second-order valence-electron chi connectivity index (χ2n) is 7.89. The molecule has 5 nitrogen and oxygen atoms in total. The molecule has 1 fully saturated rings. The molecule has 0 bridgehead atoms. The van der Waals surface area contributed by atoms with Gasteiger partial charge in [0.15, 0.2) is 5.78 Å². The van der Waals surface area contributed by atoms with Crippen molar-refractivity contribution in [2.45, 2.75) is 24.7 Å². The molecule has 1 heterocycles. The number of ether oxygens (including phenoxy) is 1. The van der Waals surface area contributed by atoms with Gasteiger partial charge in [0.05, 0.1) is 19.6 Å². The van der Waals surface area contributed by atoms with Crippen LogP contribution in [-0.2, 0) is 26.8 Å². The van der Waals surface area contributed by atoms with E-state index in [9.17, 15) is 18.2 Å². The molecule has 1 amide bonds. The Morgan fingerprint density at radius 1 is 1.13 bits per heavy atom. The Morgan fingerprint density at radius 2 is 1.81 bits per heavy atom. The first-order chi connectivity index (χ1) is 14.8. The van der Waals surface area contributed by atoms with Crippen molar-refractivity contribution in [2.75, 3.05) is 32.6 Å². The van der Waals surface area contributed by atoms with Gasteiger partial charge in [-0.1, -0.05) is 5.57 Å². The van der Waals surface area contributed by atoms with Gasteiger partial charge in [0.1, 0.15) is 5.82 Å². The molecule has 0 spiro atoms. The van der Waals surface area contributed by atoms with Crippen molar-refractivity contribution in [1.29, 1.82) is 0 Å². The average molecular weight is 442 g/mol. The van der Waals surface area contributed by atoms with E-state index in [4.69, 9.17) is 4.74 Å². The molecular weight excluding hydrogens is 417 g/mol. The molecular formula is C24H24FNO4S. The van der Waals surface area contributed by atoms with Crippen LogP contribution in [0.4, 0.5) is 4.39 Å². The lowest BCUT2D eigenvalue weighted by molar-refractivity contribution is -0.134. The lowest BCUT2D eigenvalue weighted by atomic mass is 9.93. The van der Waals surface area contributed by atoms with Gasteiger partial charge in [-0.05, 0) is 66.4 Å². The van der Waals surface area contributed by atoms with Crippen LogP contribution in [-0.4, -0.2) is 53.4 Å². The summed E-state index contributed by atoms with van der Waals surface area (Å²) in [4.78, 5) is 28.3. The molecule has 0 N–H and O–H groups in total. The van der Waals surface area contributed by atoms with Gasteiger partial charge in [-0.25, -0.2) is 4.39 Å². The van der Waals surface area contributed by atoms with Gasteiger partial charge in [0.25, 0.3) is 0 Å². The molecule has 31 heavy (non-hydrogen) atoms. The third kappa shape index (κ3) is 4.38. The monoisotopic (exact) mass is 441 g/mol. The number of halogens is 1. The lowest BCUT2D eigenvalue weighted by Crippen LogP contribution is -2.40. The molecule has 0 radical (unpaired) electrons. The second-order valence-corrected chi connectivity index (χ2v) is 9.27. The van der Waals surface area contributed by atoms with E-state index in [2.05, 4.69) is 0 Å². The molecule has 2 aliphatic rings. The van der Waals surface area contributed by atoms with Crippen molar-refractivity contribution in [1.82, 2.24) is 4.90 Å². The quantitative estimate of drug-likeness (QED) is 0.668. The maximum Gasteiger partial charge on any atom is 0.227 e. The number of rotatable bonds is 5. The highest BCUT2D eigenvalue weighted by Crippen LogP contribution is 2.38. The Kier molecular flexibility index (Phi) is 6.16. The smallest absolute Gasteiger partial charge is 0.227 e. The van der Waals surface area contributed by atoms with Gasteiger partial charge in [0, 0.05) is 46.2 Å². The zero-order valence-electron chi connectivity index (χ0n) is 17.6. The number of fused-ring (bicyclic) bond motifs is 1. The van der Waals surface area contributed by atoms with E-state index in [0.717, 1.165) is 16.7 Å². The lowest BCUT2D eigenvalue weighted by Gasteiger charge is -2.27. The zero-order valence-corrected chi connectivity index (χ0v) is 18.4. The number of ketones is 1. The summed E-state index contributed by atoms with van der Waals surface area (Å²) in [6.45, 7) is 4.10. The molecule has 7 heteroatoms. The van der Waals surface area contributed by atoms with E-state index < -0.39 is 16.6 Å². The number of benzene rings is 2. The third-order valence-corrected chi connectivity index (χ3v) is 6.82. The number of carbonyl (C=O) groups is 2. The Morgan fingerprint density at radius 3 is 2.45 bits per heavy atom. The van der Waals surface area contributed by atoms with Crippen LogP contribution in [0.25, 0.3) is 5.57 Å². The van der Waals surface area contributed by atoms with Crippen LogP contribution in [0.2, 0.25) is 0 Å². The van der Waals surface area contributed by atoms with Crippen molar-refractivity contribution in [2.24, 2.45) is 0 Å². The normalized spacial score (nSPS) is 16.9. The van der Waals surface area contributed by atoms with Crippen molar-refractivity contribution in [3.05, 3.63) is 70.0 Å². The van der Waals surface area contributed by atoms with E-state index in [0.29, 0.717) is 54.3 Å². The maximum atomic E-state index is 14.5. The van der Waals surface area contributed by atoms with Crippen LogP contribution >= 0.6 is 0 Å². The van der Waals surface area contributed by atoms with E-state index in [1.54, 1.807) is 35.4 Å².